The Morgan fingerprint density at radius 3 is 1.95 bits per heavy atom. The molecule has 2 aromatic carbocycles. The van der Waals surface area contributed by atoms with Crippen LogP contribution in [0.25, 0.3) is 0 Å². The second kappa shape index (κ2) is 7.74. The third-order valence-electron chi connectivity index (χ3n) is 2.49. The molecule has 2 aromatic rings. The number of carboxylic acids is 2. The molecule has 0 heterocycles. The lowest BCUT2D eigenvalue weighted by atomic mass is 10.00. The molecule has 0 fully saturated rings. The standard InChI is InChI=1S/C14H12O2.C2H4O2/c15-14(16)13-9-5-4-8-12(13)10-11-6-2-1-3-7-11;1-2(3)4/h1-9H,10H2,(H,15,16);1H3,(H,3,4). The van der Waals surface area contributed by atoms with Gasteiger partial charge in [-0.05, 0) is 23.6 Å². The van der Waals surface area contributed by atoms with Crippen molar-refractivity contribution in [1.82, 2.24) is 0 Å². The van der Waals surface area contributed by atoms with Crippen LogP contribution in [-0.2, 0) is 11.2 Å². The molecule has 0 bridgehead atoms. The predicted molar refractivity (Wildman–Crippen MR) is 76.0 cm³/mol. The number of rotatable bonds is 3. The lowest BCUT2D eigenvalue weighted by molar-refractivity contribution is -0.134. The molecule has 20 heavy (non-hydrogen) atoms. The minimum atomic E-state index is -0.869. The van der Waals surface area contributed by atoms with Gasteiger partial charge in [0.1, 0.15) is 0 Å². The molecule has 0 radical (unpaired) electrons. The van der Waals surface area contributed by atoms with Crippen LogP contribution in [-0.4, -0.2) is 22.2 Å². The molecule has 104 valence electrons. The van der Waals surface area contributed by atoms with E-state index < -0.39 is 11.9 Å². The van der Waals surface area contributed by atoms with Gasteiger partial charge in [0.2, 0.25) is 0 Å². The molecule has 0 unspecified atom stereocenters. The molecule has 0 saturated carbocycles. The summed E-state index contributed by atoms with van der Waals surface area (Å²) in [6.07, 6.45) is 0.656. The molecule has 0 aromatic heterocycles. The zero-order chi connectivity index (χ0) is 15.0. The van der Waals surface area contributed by atoms with E-state index in [0.29, 0.717) is 12.0 Å². The first-order chi connectivity index (χ1) is 9.50. The molecule has 0 spiro atoms. The largest absolute Gasteiger partial charge is 0.481 e. The fourth-order valence-corrected chi connectivity index (χ4v) is 1.70. The van der Waals surface area contributed by atoms with Gasteiger partial charge in [0.15, 0.2) is 0 Å². The quantitative estimate of drug-likeness (QED) is 0.900. The average molecular weight is 272 g/mol. The van der Waals surface area contributed by atoms with Gasteiger partial charge in [0, 0.05) is 6.92 Å². The van der Waals surface area contributed by atoms with Gasteiger partial charge in [-0.2, -0.15) is 0 Å². The van der Waals surface area contributed by atoms with Crippen molar-refractivity contribution in [2.24, 2.45) is 0 Å². The van der Waals surface area contributed by atoms with Crippen LogP contribution < -0.4 is 0 Å². The van der Waals surface area contributed by atoms with Crippen molar-refractivity contribution >= 4 is 11.9 Å². The highest BCUT2D eigenvalue weighted by Gasteiger charge is 2.08. The molecule has 0 aliphatic carbocycles. The molecule has 0 amide bonds. The topological polar surface area (TPSA) is 74.6 Å². The van der Waals surface area contributed by atoms with E-state index in [1.165, 1.54) is 0 Å². The van der Waals surface area contributed by atoms with E-state index >= 15 is 0 Å². The Morgan fingerprint density at radius 2 is 1.40 bits per heavy atom. The number of benzene rings is 2. The maximum absolute atomic E-state index is 11.0. The van der Waals surface area contributed by atoms with E-state index in [1.54, 1.807) is 12.1 Å². The van der Waals surface area contributed by atoms with Crippen molar-refractivity contribution in [2.45, 2.75) is 13.3 Å². The minimum Gasteiger partial charge on any atom is -0.481 e. The van der Waals surface area contributed by atoms with E-state index in [2.05, 4.69) is 0 Å². The highest BCUT2D eigenvalue weighted by atomic mass is 16.4. The van der Waals surface area contributed by atoms with Crippen LogP contribution in [0.5, 0.6) is 0 Å². The van der Waals surface area contributed by atoms with Crippen molar-refractivity contribution in [3.63, 3.8) is 0 Å². The first kappa shape index (κ1) is 15.4. The summed E-state index contributed by atoms with van der Waals surface area (Å²) in [5, 5.41) is 16.5. The van der Waals surface area contributed by atoms with Gasteiger partial charge in [-0.3, -0.25) is 4.79 Å². The summed E-state index contributed by atoms with van der Waals surface area (Å²) in [5.74, 6) is -1.70. The third-order valence-corrected chi connectivity index (χ3v) is 2.49. The maximum atomic E-state index is 11.0. The zero-order valence-corrected chi connectivity index (χ0v) is 11.1. The highest BCUT2D eigenvalue weighted by Crippen LogP contribution is 2.14. The molecule has 2 rings (SSSR count). The van der Waals surface area contributed by atoms with Gasteiger partial charge < -0.3 is 10.2 Å². The summed E-state index contributed by atoms with van der Waals surface area (Å²) in [6, 6.07) is 17.0. The highest BCUT2D eigenvalue weighted by molar-refractivity contribution is 5.89. The Kier molecular flexibility index (Phi) is 5.97. The van der Waals surface area contributed by atoms with Crippen LogP contribution in [0.15, 0.2) is 54.6 Å². The molecule has 4 nitrogen and oxygen atoms in total. The number of hydrogen-bond acceptors (Lipinski definition) is 2. The summed E-state index contributed by atoms with van der Waals surface area (Å²) < 4.78 is 0. The monoisotopic (exact) mass is 272 g/mol. The zero-order valence-electron chi connectivity index (χ0n) is 11.1. The summed E-state index contributed by atoms with van der Waals surface area (Å²) in [4.78, 5) is 20.0. The average Bonchev–Trinajstić information content (AvgIpc) is 2.39. The molecule has 0 saturated heterocycles. The lowest BCUT2D eigenvalue weighted by Gasteiger charge is -2.05. The molecule has 4 heteroatoms. The van der Waals surface area contributed by atoms with E-state index in [4.69, 9.17) is 15.0 Å². The number of aliphatic carboxylic acids is 1. The summed E-state index contributed by atoms with van der Waals surface area (Å²) in [7, 11) is 0. The normalized spacial score (nSPS) is 9.25. The van der Waals surface area contributed by atoms with Crippen LogP contribution in [0.4, 0.5) is 0 Å². The number of hydrogen-bond donors (Lipinski definition) is 2. The van der Waals surface area contributed by atoms with Gasteiger partial charge >= 0.3 is 5.97 Å². The van der Waals surface area contributed by atoms with E-state index in [0.717, 1.165) is 18.1 Å². The van der Waals surface area contributed by atoms with Crippen LogP contribution in [0.3, 0.4) is 0 Å². The first-order valence-electron chi connectivity index (χ1n) is 6.05. The van der Waals surface area contributed by atoms with Crippen molar-refractivity contribution in [3.05, 3.63) is 71.3 Å². The number of aromatic carboxylic acids is 1. The maximum Gasteiger partial charge on any atom is 0.335 e. The second-order valence-electron chi connectivity index (χ2n) is 4.14. The van der Waals surface area contributed by atoms with Gasteiger partial charge in [-0.1, -0.05) is 48.5 Å². The van der Waals surface area contributed by atoms with E-state index in [9.17, 15) is 4.79 Å². The predicted octanol–water partition coefficient (Wildman–Crippen LogP) is 3.07. The van der Waals surface area contributed by atoms with Crippen LogP contribution >= 0.6 is 0 Å². The summed E-state index contributed by atoms with van der Waals surface area (Å²) in [6.45, 7) is 1.08. The van der Waals surface area contributed by atoms with Gasteiger partial charge in [0.05, 0.1) is 5.56 Å². The number of carbonyl (C=O) groups is 2. The summed E-state index contributed by atoms with van der Waals surface area (Å²) in [5.41, 5.74) is 2.35. The van der Waals surface area contributed by atoms with Crippen molar-refractivity contribution < 1.29 is 19.8 Å². The third kappa shape index (κ3) is 5.35. The van der Waals surface area contributed by atoms with Crippen molar-refractivity contribution in [3.8, 4) is 0 Å². The Bertz CT molecular complexity index is 572. The molecule has 0 aliphatic heterocycles. The Balaban J connectivity index is 0.000000444. The van der Waals surface area contributed by atoms with Gasteiger partial charge in [-0.25, -0.2) is 4.79 Å². The van der Waals surface area contributed by atoms with Crippen LogP contribution in [0.2, 0.25) is 0 Å². The van der Waals surface area contributed by atoms with E-state index in [1.807, 2.05) is 42.5 Å². The number of carboxylic acid groups (broad SMARTS) is 2. The summed E-state index contributed by atoms with van der Waals surface area (Å²) >= 11 is 0. The molecular weight excluding hydrogens is 256 g/mol. The second-order valence-corrected chi connectivity index (χ2v) is 4.14. The molecule has 0 aliphatic rings. The van der Waals surface area contributed by atoms with Gasteiger partial charge in [-0.15, -0.1) is 0 Å². The van der Waals surface area contributed by atoms with Gasteiger partial charge in [0.25, 0.3) is 5.97 Å². The minimum absolute atomic E-state index is 0.381. The van der Waals surface area contributed by atoms with Crippen LogP contribution in [0, 0.1) is 0 Å². The fraction of sp³-hybridized carbons (Fsp3) is 0.125. The van der Waals surface area contributed by atoms with Crippen LogP contribution in [0.1, 0.15) is 28.4 Å². The SMILES string of the molecule is CC(=O)O.O=C(O)c1ccccc1Cc1ccccc1. The Morgan fingerprint density at radius 1 is 0.900 bits per heavy atom. The first-order valence-corrected chi connectivity index (χ1v) is 6.05. The van der Waals surface area contributed by atoms with Crippen molar-refractivity contribution in [1.29, 1.82) is 0 Å². The van der Waals surface area contributed by atoms with Crippen molar-refractivity contribution in [2.75, 3.05) is 0 Å². The molecule has 0 atom stereocenters. The van der Waals surface area contributed by atoms with E-state index in [-0.39, 0.29) is 0 Å². The molecular formula is C16H16O4. The Labute approximate surface area is 117 Å². The molecule has 2 N–H and O–H groups in total. The fourth-order valence-electron chi connectivity index (χ4n) is 1.70. The lowest BCUT2D eigenvalue weighted by Crippen LogP contribution is -2.02. The smallest absolute Gasteiger partial charge is 0.335 e. The Hall–Kier alpha value is -2.62.